The number of benzene rings is 3. The topological polar surface area (TPSA) is 79.3 Å². The van der Waals surface area contributed by atoms with E-state index in [-0.39, 0.29) is 12.1 Å². The first-order valence-electron chi connectivity index (χ1n) is 12.5. The van der Waals surface area contributed by atoms with Gasteiger partial charge in [-0.1, -0.05) is 36.4 Å². The zero-order valence-corrected chi connectivity index (χ0v) is 23.1. The Kier molecular flexibility index (Phi) is 6.32. The Hall–Kier alpha value is -4.21. The lowest BCUT2D eigenvalue weighted by molar-refractivity contribution is 0.549. The molecule has 2 atom stereocenters. The van der Waals surface area contributed by atoms with Crippen LogP contribution in [0, 0.1) is 6.92 Å². The zero-order chi connectivity index (χ0) is 27.1. The average molecular weight is 554 g/mol. The van der Waals surface area contributed by atoms with Crippen molar-refractivity contribution >= 4 is 49.5 Å². The van der Waals surface area contributed by atoms with E-state index in [0.29, 0.717) is 10.8 Å². The summed E-state index contributed by atoms with van der Waals surface area (Å²) in [5.74, 6) is 0. The first-order chi connectivity index (χ1) is 18.8. The third-order valence-electron chi connectivity index (χ3n) is 6.98. The monoisotopic (exact) mass is 553 g/mol. The molecule has 196 valence electrons. The van der Waals surface area contributed by atoms with Crippen molar-refractivity contribution in [2.75, 3.05) is 15.9 Å². The molecule has 0 bridgehead atoms. The van der Waals surface area contributed by atoms with Crippen molar-refractivity contribution in [2.45, 2.75) is 19.0 Å². The molecule has 2 N–H and O–H groups in total. The van der Waals surface area contributed by atoms with Crippen molar-refractivity contribution in [1.82, 2.24) is 14.9 Å². The predicted octanol–water partition coefficient (Wildman–Crippen LogP) is 5.88. The molecular formula is C30H27N5O2S2. The molecule has 5 aromatic rings. The fraction of sp³-hybridized carbons (Fsp3) is 0.133. The number of nitrogens with zero attached hydrogens (tertiary/aromatic N) is 3. The second-order valence-corrected chi connectivity index (χ2v) is 11.8. The molecule has 1 saturated heterocycles. The van der Waals surface area contributed by atoms with Crippen molar-refractivity contribution < 1.29 is 8.42 Å². The van der Waals surface area contributed by atoms with Crippen LogP contribution in [0.25, 0.3) is 16.5 Å². The highest BCUT2D eigenvalue weighted by Gasteiger charge is 2.42. The Morgan fingerprint density at radius 2 is 1.67 bits per heavy atom. The number of anilines is 2. The third-order valence-corrected chi connectivity index (χ3v) is 7.88. The first kappa shape index (κ1) is 25.1. The highest BCUT2D eigenvalue weighted by Crippen LogP contribution is 2.43. The summed E-state index contributed by atoms with van der Waals surface area (Å²) in [6.45, 7) is 1.88. The maximum atomic E-state index is 11.8. The standard InChI is InChI=1S/C30H27N5O2S2/c1-20-18-24(14-15-25(20)33-39(2,36)37)35-29(28(32-30(35)38)26-10-5-6-16-31-26)27-11-7-17-34(27)23-13-12-21-8-3-4-9-22(21)19-23/h3-19,28-29,33H,1-2H3,(H,32,38)/t28-,29-/m0/s1. The molecule has 0 aliphatic carbocycles. The van der Waals surface area contributed by atoms with Crippen molar-refractivity contribution in [3.63, 3.8) is 0 Å². The van der Waals surface area contributed by atoms with E-state index in [1.165, 1.54) is 5.39 Å². The van der Waals surface area contributed by atoms with Crippen LogP contribution in [0.5, 0.6) is 0 Å². The summed E-state index contributed by atoms with van der Waals surface area (Å²) in [6.07, 6.45) is 5.01. The van der Waals surface area contributed by atoms with Gasteiger partial charge in [0.1, 0.15) is 6.04 Å². The van der Waals surface area contributed by atoms with E-state index in [4.69, 9.17) is 12.2 Å². The number of hydrogen-bond acceptors (Lipinski definition) is 4. The van der Waals surface area contributed by atoms with E-state index in [2.05, 4.69) is 67.1 Å². The predicted molar refractivity (Wildman–Crippen MR) is 161 cm³/mol. The van der Waals surface area contributed by atoms with Gasteiger partial charge in [-0.3, -0.25) is 9.71 Å². The molecule has 3 aromatic carbocycles. The summed E-state index contributed by atoms with van der Waals surface area (Å²) in [6, 6.07) is 30.0. The van der Waals surface area contributed by atoms with Gasteiger partial charge in [-0.05, 0) is 90.1 Å². The summed E-state index contributed by atoms with van der Waals surface area (Å²) in [4.78, 5) is 6.76. The lowest BCUT2D eigenvalue weighted by atomic mass is 10.00. The first-order valence-corrected chi connectivity index (χ1v) is 14.8. The molecule has 0 unspecified atom stereocenters. The SMILES string of the molecule is Cc1cc(N2C(=S)N[C@@H](c3ccccn3)[C@@H]2c2cccn2-c2ccc3ccccc3c2)ccc1NS(C)(=O)=O. The summed E-state index contributed by atoms with van der Waals surface area (Å²) in [5, 5.41) is 6.43. The van der Waals surface area contributed by atoms with E-state index in [1.807, 2.05) is 55.5 Å². The number of sulfonamides is 1. The highest BCUT2D eigenvalue weighted by molar-refractivity contribution is 7.92. The quantitative estimate of drug-likeness (QED) is 0.256. The van der Waals surface area contributed by atoms with Crippen LogP contribution in [0.4, 0.5) is 11.4 Å². The molecule has 3 heterocycles. The van der Waals surface area contributed by atoms with Crippen LogP contribution in [-0.4, -0.2) is 29.3 Å². The number of aryl methyl sites for hydroxylation is 1. The van der Waals surface area contributed by atoms with Crippen molar-refractivity contribution in [2.24, 2.45) is 0 Å². The molecule has 6 rings (SSSR count). The van der Waals surface area contributed by atoms with Gasteiger partial charge in [0.15, 0.2) is 5.11 Å². The minimum atomic E-state index is -3.40. The van der Waals surface area contributed by atoms with Gasteiger partial charge in [0.2, 0.25) is 10.0 Å². The third kappa shape index (κ3) is 4.86. The molecule has 0 spiro atoms. The van der Waals surface area contributed by atoms with Gasteiger partial charge in [0, 0.05) is 29.5 Å². The van der Waals surface area contributed by atoms with Crippen molar-refractivity contribution in [1.29, 1.82) is 0 Å². The van der Waals surface area contributed by atoms with E-state index < -0.39 is 10.0 Å². The molecule has 2 aromatic heterocycles. The average Bonchev–Trinajstić information content (AvgIpc) is 3.54. The smallest absolute Gasteiger partial charge is 0.229 e. The molecule has 0 radical (unpaired) electrons. The lowest BCUT2D eigenvalue weighted by Crippen LogP contribution is -2.30. The lowest BCUT2D eigenvalue weighted by Gasteiger charge is -2.29. The summed E-state index contributed by atoms with van der Waals surface area (Å²) >= 11 is 5.90. The molecule has 0 saturated carbocycles. The Bertz CT molecular complexity index is 1800. The van der Waals surface area contributed by atoms with Gasteiger partial charge in [-0.2, -0.15) is 0 Å². The van der Waals surface area contributed by atoms with Crippen LogP contribution >= 0.6 is 12.2 Å². The molecule has 0 amide bonds. The summed E-state index contributed by atoms with van der Waals surface area (Å²) in [7, 11) is -3.40. The normalized spacial score (nSPS) is 17.4. The number of thiocarbonyl (C=S) groups is 1. The second kappa shape index (κ2) is 9.83. The number of hydrogen-bond donors (Lipinski definition) is 2. The van der Waals surface area contributed by atoms with Crippen molar-refractivity contribution in [3.8, 4) is 5.69 Å². The Morgan fingerprint density at radius 3 is 2.41 bits per heavy atom. The van der Waals surface area contributed by atoms with Crippen LogP contribution in [0.2, 0.25) is 0 Å². The Balaban J connectivity index is 1.48. The second-order valence-electron chi connectivity index (χ2n) is 9.70. The molecule has 9 heteroatoms. The Labute approximate surface area is 233 Å². The van der Waals surface area contributed by atoms with Crippen LogP contribution in [0.3, 0.4) is 0 Å². The number of rotatable bonds is 6. The zero-order valence-electron chi connectivity index (χ0n) is 21.4. The highest BCUT2D eigenvalue weighted by atomic mass is 32.2. The molecule has 1 aliphatic heterocycles. The number of aromatic nitrogens is 2. The minimum Gasteiger partial charge on any atom is -0.351 e. The molecule has 39 heavy (non-hydrogen) atoms. The van der Waals surface area contributed by atoms with Crippen LogP contribution in [-0.2, 0) is 10.0 Å². The van der Waals surface area contributed by atoms with Crippen LogP contribution in [0.15, 0.2) is 103 Å². The van der Waals surface area contributed by atoms with Crippen molar-refractivity contribution in [3.05, 3.63) is 120 Å². The number of fused-ring (bicyclic) bond motifs is 1. The van der Waals surface area contributed by atoms with Gasteiger partial charge < -0.3 is 14.8 Å². The van der Waals surface area contributed by atoms with E-state index in [9.17, 15) is 8.42 Å². The number of pyridine rings is 1. The van der Waals surface area contributed by atoms with Gasteiger partial charge >= 0.3 is 0 Å². The maximum absolute atomic E-state index is 11.8. The Morgan fingerprint density at radius 1 is 0.897 bits per heavy atom. The maximum Gasteiger partial charge on any atom is 0.229 e. The largest absolute Gasteiger partial charge is 0.351 e. The summed E-state index contributed by atoms with van der Waals surface area (Å²) in [5.41, 5.74) is 5.17. The summed E-state index contributed by atoms with van der Waals surface area (Å²) < 4.78 is 28.5. The molecule has 1 fully saturated rings. The van der Waals surface area contributed by atoms with E-state index >= 15 is 0 Å². The van der Waals surface area contributed by atoms with Gasteiger partial charge in [0.05, 0.1) is 23.7 Å². The van der Waals surface area contributed by atoms with E-state index in [1.54, 1.807) is 12.3 Å². The fourth-order valence-corrected chi connectivity index (χ4v) is 6.22. The molecule has 1 aliphatic rings. The van der Waals surface area contributed by atoms with E-state index in [0.717, 1.165) is 40.0 Å². The fourth-order valence-electron chi connectivity index (χ4n) is 5.24. The van der Waals surface area contributed by atoms with Crippen LogP contribution < -0.4 is 14.9 Å². The molecular weight excluding hydrogens is 526 g/mol. The minimum absolute atomic E-state index is 0.207. The number of nitrogens with one attached hydrogen (secondary N) is 2. The van der Waals surface area contributed by atoms with Gasteiger partial charge in [0.25, 0.3) is 0 Å². The molecule has 7 nitrogen and oxygen atoms in total. The van der Waals surface area contributed by atoms with Gasteiger partial charge in [-0.15, -0.1) is 0 Å². The van der Waals surface area contributed by atoms with Gasteiger partial charge in [-0.25, -0.2) is 8.42 Å². The van der Waals surface area contributed by atoms with Crippen LogP contribution in [0.1, 0.15) is 29.0 Å².